The van der Waals surface area contributed by atoms with Crippen molar-refractivity contribution < 1.29 is 0 Å². The predicted octanol–water partition coefficient (Wildman–Crippen LogP) is 3.49. The molecule has 0 aliphatic carbocycles. The summed E-state index contributed by atoms with van der Waals surface area (Å²) in [6.07, 6.45) is 0. The lowest BCUT2D eigenvalue weighted by molar-refractivity contribution is 0.233. The minimum absolute atomic E-state index is 0.725. The maximum absolute atomic E-state index is 6.04. The molecule has 1 aromatic rings. The Bertz CT molecular complexity index is 378. The molecule has 1 aromatic carbocycles. The quantitative estimate of drug-likeness (QED) is 0.779. The number of piperazine rings is 1. The Balaban J connectivity index is 1.87. The highest BCUT2D eigenvalue weighted by atomic mass is 79.9. The van der Waals surface area contributed by atoms with Crippen molar-refractivity contribution in [3.05, 3.63) is 29.3 Å². The van der Waals surface area contributed by atoms with Crippen LogP contribution in [0.3, 0.4) is 0 Å². The van der Waals surface area contributed by atoms with Crippen LogP contribution in [0.1, 0.15) is 6.92 Å². The fourth-order valence-corrected chi connectivity index (χ4v) is 2.74. The summed E-state index contributed by atoms with van der Waals surface area (Å²) in [5.74, 6) is 0.725. The molecule has 0 spiro atoms. The van der Waals surface area contributed by atoms with E-state index in [4.69, 9.17) is 11.6 Å². The lowest BCUT2D eigenvalue weighted by atomic mass is 10.2. The van der Waals surface area contributed by atoms with Gasteiger partial charge in [-0.2, -0.15) is 0 Å². The summed E-state index contributed by atoms with van der Waals surface area (Å²) in [5, 5.41) is 1.91. The summed E-state index contributed by atoms with van der Waals surface area (Å²) in [6.45, 7) is 7.95. The third-order valence-corrected chi connectivity index (χ3v) is 4.72. The van der Waals surface area contributed by atoms with Crippen molar-refractivity contribution in [1.82, 2.24) is 4.90 Å². The number of rotatable bonds is 4. The molecule has 1 aliphatic rings. The van der Waals surface area contributed by atoms with Gasteiger partial charge in [0.15, 0.2) is 0 Å². The lowest BCUT2D eigenvalue weighted by Crippen LogP contribution is -2.47. The van der Waals surface area contributed by atoms with Crippen LogP contribution in [0.2, 0.25) is 5.02 Å². The SMILES string of the molecule is CC(CBr)CN1CCN(c2cccc(Cl)c2)CC1. The number of nitrogens with zero attached hydrogens (tertiary/aromatic N) is 2. The summed E-state index contributed by atoms with van der Waals surface area (Å²) in [7, 11) is 0. The first-order chi connectivity index (χ1) is 8.69. The first-order valence-corrected chi connectivity index (χ1v) is 7.98. The van der Waals surface area contributed by atoms with Crippen LogP contribution >= 0.6 is 27.5 Å². The van der Waals surface area contributed by atoms with Gasteiger partial charge < -0.3 is 4.90 Å². The third kappa shape index (κ3) is 3.87. The van der Waals surface area contributed by atoms with Crippen LogP contribution in [0.15, 0.2) is 24.3 Å². The van der Waals surface area contributed by atoms with E-state index in [1.165, 1.54) is 12.2 Å². The van der Waals surface area contributed by atoms with Crippen LogP contribution in [0.4, 0.5) is 5.69 Å². The van der Waals surface area contributed by atoms with Crippen molar-refractivity contribution in [2.75, 3.05) is 43.0 Å². The van der Waals surface area contributed by atoms with Crippen LogP contribution in [-0.2, 0) is 0 Å². The number of benzene rings is 1. The van der Waals surface area contributed by atoms with Gasteiger partial charge in [-0.25, -0.2) is 0 Å². The van der Waals surface area contributed by atoms with Crippen LogP contribution in [-0.4, -0.2) is 43.0 Å². The highest BCUT2D eigenvalue weighted by Gasteiger charge is 2.18. The zero-order valence-electron chi connectivity index (χ0n) is 10.8. The van der Waals surface area contributed by atoms with Crippen molar-refractivity contribution in [2.45, 2.75) is 6.92 Å². The Kier molecular flexibility index (Phi) is 5.34. The molecule has 1 atom stereocenters. The second kappa shape index (κ2) is 6.78. The zero-order valence-corrected chi connectivity index (χ0v) is 13.1. The molecule has 2 rings (SSSR count). The topological polar surface area (TPSA) is 6.48 Å². The molecule has 0 amide bonds. The number of anilines is 1. The molecule has 100 valence electrons. The zero-order chi connectivity index (χ0) is 13.0. The van der Waals surface area contributed by atoms with E-state index < -0.39 is 0 Å². The molecular weight excluding hydrogens is 312 g/mol. The van der Waals surface area contributed by atoms with Gasteiger partial charge in [0.05, 0.1) is 0 Å². The van der Waals surface area contributed by atoms with Gasteiger partial charge in [0, 0.05) is 48.8 Å². The molecule has 1 saturated heterocycles. The van der Waals surface area contributed by atoms with Crippen molar-refractivity contribution >= 4 is 33.2 Å². The first kappa shape index (κ1) is 14.2. The Labute approximate surface area is 123 Å². The summed E-state index contributed by atoms with van der Waals surface area (Å²) >= 11 is 9.58. The van der Waals surface area contributed by atoms with Gasteiger partial charge in [0.1, 0.15) is 0 Å². The summed E-state index contributed by atoms with van der Waals surface area (Å²) in [6, 6.07) is 8.15. The summed E-state index contributed by atoms with van der Waals surface area (Å²) < 4.78 is 0. The van der Waals surface area contributed by atoms with Gasteiger partial charge in [-0.1, -0.05) is 40.5 Å². The fourth-order valence-electron chi connectivity index (χ4n) is 2.35. The maximum atomic E-state index is 6.04. The molecule has 1 aliphatic heterocycles. The van der Waals surface area contributed by atoms with Gasteiger partial charge in [-0.15, -0.1) is 0 Å². The molecule has 0 radical (unpaired) electrons. The van der Waals surface area contributed by atoms with Gasteiger partial charge >= 0.3 is 0 Å². The number of hydrogen-bond acceptors (Lipinski definition) is 2. The average Bonchev–Trinajstić information content (AvgIpc) is 2.39. The predicted molar refractivity (Wildman–Crippen MR) is 83.1 cm³/mol. The Morgan fingerprint density at radius 1 is 1.28 bits per heavy atom. The molecule has 0 aromatic heterocycles. The smallest absolute Gasteiger partial charge is 0.0426 e. The second-order valence-electron chi connectivity index (χ2n) is 5.03. The molecule has 0 N–H and O–H groups in total. The molecule has 2 nitrogen and oxygen atoms in total. The molecule has 18 heavy (non-hydrogen) atoms. The minimum Gasteiger partial charge on any atom is -0.369 e. The average molecular weight is 332 g/mol. The van der Waals surface area contributed by atoms with Crippen molar-refractivity contribution in [3.8, 4) is 0 Å². The number of halogens is 2. The van der Waals surface area contributed by atoms with Crippen LogP contribution in [0.5, 0.6) is 0 Å². The fraction of sp³-hybridized carbons (Fsp3) is 0.571. The van der Waals surface area contributed by atoms with Gasteiger partial charge in [0.25, 0.3) is 0 Å². The van der Waals surface area contributed by atoms with E-state index in [0.717, 1.165) is 42.4 Å². The monoisotopic (exact) mass is 330 g/mol. The van der Waals surface area contributed by atoms with Gasteiger partial charge in [-0.05, 0) is 24.1 Å². The van der Waals surface area contributed by atoms with E-state index in [1.807, 2.05) is 12.1 Å². The minimum atomic E-state index is 0.725. The Morgan fingerprint density at radius 3 is 2.61 bits per heavy atom. The molecule has 1 unspecified atom stereocenters. The highest BCUT2D eigenvalue weighted by Crippen LogP contribution is 2.21. The van der Waals surface area contributed by atoms with E-state index in [1.54, 1.807) is 0 Å². The Morgan fingerprint density at radius 2 is 2.00 bits per heavy atom. The van der Waals surface area contributed by atoms with E-state index in [2.05, 4.69) is 44.8 Å². The molecule has 1 fully saturated rings. The first-order valence-electron chi connectivity index (χ1n) is 6.48. The highest BCUT2D eigenvalue weighted by molar-refractivity contribution is 9.09. The largest absolute Gasteiger partial charge is 0.369 e. The van der Waals surface area contributed by atoms with Gasteiger partial charge in [0.2, 0.25) is 0 Å². The summed E-state index contributed by atoms with van der Waals surface area (Å²) in [4.78, 5) is 4.97. The maximum Gasteiger partial charge on any atom is 0.0426 e. The Hall–Kier alpha value is -0.250. The third-order valence-electron chi connectivity index (χ3n) is 3.38. The number of alkyl halides is 1. The molecular formula is C14H20BrClN2. The summed E-state index contributed by atoms with van der Waals surface area (Å²) in [5.41, 5.74) is 1.25. The van der Waals surface area contributed by atoms with Crippen molar-refractivity contribution in [2.24, 2.45) is 5.92 Å². The molecule has 1 heterocycles. The van der Waals surface area contributed by atoms with E-state index in [-0.39, 0.29) is 0 Å². The normalized spacial score (nSPS) is 18.9. The van der Waals surface area contributed by atoms with Crippen LogP contribution in [0, 0.1) is 5.92 Å². The lowest BCUT2D eigenvalue weighted by Gasteiger charge is -2.37. The molecule has 0 bridgehead atoms. The number of hydrogen-bond donors (Lipinski definition) is 0. The standard InChI is InChI=1S/C14H20BrClN2/c1-12(10-15)11-17-5-7-18(8-6-17)14-4-2-3-13(16)9-14/h2-4,9,12H,5-8,10-11H2,1H3. The van der Waals surface area contributed by atoms with E-state index >= 15 is 0 Å². The van der Waals surface area contributed by atoms with Crippen LogP contribution in [0.25, 0.3) is 0 Å². The van der Waals surface area contributed by atoms with Crippen molar-refractivity contribution in [3.63, 3.8) is 0 Å². The van der Waals surface area contributed by atoms with E-state index in [9.17, 15) is 0 Å². The van der Waals surface area contributed by atoms with E-state index in [0.29, 0.717) is 0 Å². The molecule has 0 saturated carbocycles. The van der Waals surface area contributed by atoms with Crippen LogP contribution < -0.4 is 4.90 Å². The van der Waals surface area contributed by atoms with Crippen molar-refractivity contribution in [1.29, 1.82) is 0 Å². The van der Waals surface area contributed by atoms with Gasteiger partial charge in [-0.3, -0.25) is 4.90 Å². The molecule has 4 heteroatoms. The second-order valence-corrected chi connectivity index (χ2v) is 6.11.